The van der Waals surface area contributed by atoms with Crippen LogP contribution in [0.25, 0.3) is 0 Å². The first-order valence-corrected chi connectivity index (χ1v) is 4.90. The maximum absolute atomic E-state index is 10.6. The lowest BCUT2D eigenvalue weighted by molar-refractivity contribution is 0.0697. The molecule has 0 saturated carbocycles. The average Bonchev–Trinajstić information content (AvgIpc) is 2.19. The summed E-state index contributed by atoms with van der Waals surface area (Å²) in [5.41, 5.74) is 1.11. The molecule has 2 N–H and O–H groups in total. The number of alkyl halides is 1. The Morgan fingerprint density at radius 3 is 2.93 bits per heavy atom. The number of benzene rings is 1. The summed E-state index contributed by atoms with van der Waals surface area (Å²) in [5.74, 6) is -0.308. The molecule has 1 rings (SSSR count). The normalized spacial score (nSPS) is 9.79. The number of nitrogens with one attached hydrogen (secondary N) is 1. The topological polar surface area (TPSA) is 49.3 Å². The summed E-state index contributed by atoms with van der Waals surface area (Å²) < 4.78 is 0. The van der Waals surface area contributed by atoms with Gasteiger partial charge in [-0.1, -0.05) is 6.07 Å². The van der Waals surface area contributed by atoms with E-state index >= 15 is 0 Å². The highest BCUT2D eigenvalue weighted by Crippen LogP contribution is 2.10. The molecule has 0 heterocycles. The molecule has 76 valence electrons. The van der Waals surface area contributed by atoms with E-state index in [2.05, 4.69) is 5.32 Å². The second-order valence-electron chi connectivity index (χ2n) is 2.86. The molecule has 0 aliphatic rings. The smallest absolute Gasteiger partial charge is 0.335 e. The van der Waals surface area contributed by atoms with Crippen LogP contribution in [0.15, 0.2) is 24.3 Å². The van der Waals surface area contributed by atoms with Gasteiger partial charge in [0.1, 0.15) is 0 Å². The van der Waals surface area contributed by atoms with Crippen LogP contribution in [0.5, 0.6) is 0 Å². The third kappa shape index (κ3) is 3.26. The van der Waals surface area contributed by atoms with Gasteiger partial charge in [-0.15, -0.1) is 11.6 Å². The van der Waals surface area contributed by atoms with E-state index in [1.54, 1.807) is 18.2 Å². The summed E-state index contributed by atoms with van der Waals surface area (Å²) >= 11 is 5.52. The Bertz CT molecular complexity index is 315. The van der Waals surface area contributed by atoms with Crippen molar-refractivity contribution in [1.82, 2.24) is 0 Å². The SMILES string of the molecule is O=C(O)c1cccc(NCCCCl)c1. The van der Waals surface area contributed by atoms with Gasteiger partial charge in [-0.3, -0.25) is 0 Å². The second kappa shape index (κ2) is 5.50. The molecule has 1 aromatic rings. The van der Waals surface area contributed by atoms with Gasteiger partial charge in [-0.2, -0.15) is 0 Å². The summed E-state index contributed by atoms with van der Waals surface area (Å²) in [6.45, 7) is 0.757. The average molecular weight is 214 g/mol. The Morgan fingerprint density at radius 1 is 1.50 bits per heavy atom. The number of carboxylic acids is 1. The highest BCUT2D eigenvalue weighted by Gasteiger charge is 2.01. The number of anilines is 1. The molecule has 0 amide bonds. The maximum Gasteiger partial charge on any atom is 0.335 e. The van der Waals surface area contributed by atoms with E-state index in [9.17, 15) is 4.79 Å². The fraction of sp³-hybridized carbons (Fsp3) is 0.300. The highest BCUT2D eigenvalue weighted by molar-refractivity contribution is 6.17. The zero-order chi connectivity index (χ0) is 10.4. The Hall–Kier alpha value is -1.22. The van der Waals surface area contributed by atoms with Crippen molar-refractivity contribution in [3.63, 3.8) is 0 Å². The number of carboxylic acid groups (broad SMARTS) is 1. The first-order chi connectivity index (χ1) is 6.74. The summed E-state index contributed by atoms with van der Waals surface area (Å²) in [6.07, 6.45) is 0.860. The second-order valence-corrected chi connectivity index (χ2v) is 3.23. The fourth-order valence-electron chi connectivity index (χ4n) is 1.06. The Morgan fingerprint density at radius 2 is 2.29 bits per heavy atom. The van der Waals surface area contributed by atoms with Crippen LogP contribution in [-0.4, -0.2) is 23.5 Å². The Kier molecular flexibility index (Phi) is 4.26. The van der Waals surface area contributed by atoms with Crippen LogP contribution < -0.4 is 5.32 Å². The quantitative estimate of drug-likeness (QED) is 0.584. The number of carbonyl (C=O) groups is 1. The first-order valence-electron chi connectivity index (χ1n) is 4.37. The van der Waals surface area contributed by atoms with Crippen molar-refractivity contribution in [3.05, 3.63) is 29.8 Å². The van der Waals surface area contributed by atoms with Gasteiger partial charge < -0.3 is 10.4 Å². The van der Waals surface area contributed by atoms with Gasteiger partial charge in [-0.25, -0.2) is 4.79 Å². The predicted octanol–water partition coefficient (Wildman–Crippen LogP) is 2.43. The third-order valence-corrected chi connectivity index (χ3v) is 2.02. The molecule has 3 nitrogen and oxygen atoms in total. The van der Waals surface area contributed by atoms with E-state index in [-0.39, 0.29) is 0 Å². The van der Waals surface area contributed by atoms with Crippen LogP contribution in [0.2, 0.25) is 0 Å². The largest absolute Gasteiger partial charge is 0.478 e. The molecule has 0 bridgehead atoms. The van der Waals surface area contributed by atoms with Gasteiger partial charge in [-0.05, 0) is 24.6 Å². The third-order valence-electron chi connectivity index (χ3n) is 1.75. The van der Waals surface area contributed by atoms with Gasteiger partial charge in [0.15, 0.2) is 0 Å². The van der Waals surface area contributed by atoms with E-state index in [4.69, 9.17) is 16.7 Å². The lowest BCUT2D eigenvalue weighted by atomic mass is 10.2. The number of halogens is 1. The van der Waals surface area contributed by atoms with Crippen molar-refractivity contribution < 1.29 is 9.90 Å². The number of hydrogen-bond acceptors (Lipinski definition) is 2. The van der Waals surface area contributed by atoms with Gasteiger partial charge >= 0.3 is 5.97 Å². The van der Waals surface area contributed by atoms with E-state index in [0.717, 1.165) is 18.7 Å². The molecule has 0 atom stereocenters. The molecule has 0 spiro atoms. The zero-order valence-electron chi connectivity index (χ0n) is 7.66. The van der Waals surface area contributed by atoms with Crippen molar-refractivity contribution >= 4 is 23.3 Å². The monoisotopic (exact) mass is 213 g/mol. The summed E-state index contributed by atoms with van der Waals surface area (Å²) in [4.78, 5) is 10.6. The Labute approximate surface area is 87.7 Å². The van der Waals surface area contributed by atoms with Crippen molar-refractivity contribution in [2.45, 2.75) is 6.42 Å². The fourth-order valence-corrected chi connectivity index (χ4v) is 1.20. The van der Waals surface area contributed by atoms with Gasteiger partial charge in [0.05, 0.1) is 5.56 Å². The van der Waals surface area contributed by atoms with Crippen molar-refractivity contribution in [2.24, 2.45) is 0 Å². The van der Waals surface area contributed by atoms with Gasteiger partial charge in [0.25, 0.3) is 0 Å². The molecule has 0 fully saturated rings. The van der Waals surface area contributed by atoms with Crippen molar-refractivity contribution in [3.8, 4) is 0 Å². The van der Waals surface area contributed by atoms with Crippen LogP contribution in [0, 0.1) is 0 Å². The van der Waals surface area contributed by atoms with Crippen LogP contribution in [0.4, 0.5) is 5.69 Å². The predicted molar refractivity (Wildman–Crippen MR) is 57.2 cm³/mol. The molecular formula is C10H12ClNO2. The van der Waals surface area contributed by atoms with Crippen LogP contribution in [0.1, 0.15) is 16.8 Å². The zero-order valence-corrected chi connectivity index (χ0v) is 8.42. The van der Waals surface area contributed by atoms with Crippen LogP contribution in [-0.2, 0) is 0 Å². The van der Waals surface area contributed by atoms with Crippen molar-refractivity contribution in [2.75, 3.05) is 17.7 Å². The van der Waals surface area contributed by atoms with Gasteiger partial charge in [0, 0.05) is 18.1 Å². The lowest BCUT2D eigenvalue weighted by Crippen LogP contribution is -2.03. The van der Waals surface area contributed by atoms with E-state index in [0.29, 0.717) is 11.4 Å². The molecule has 4 heteroatoms. The molecule has 0 saturated heterocycles. The van der Waals surface area contributed by atoms with E-state index < -0.39 is 5.97 Å². The lowest BCUT2D eigenvalue weighted by Gasteiger charge is -2.05. The molecule has 14 heavy (non-hydrogen) atoms. The van der Waals surface area contributed by atoms with Crippen molar-refractivity contribution in [1.29, 1.82) is 0 Å². The summed E-state index contributed by atoms with van der Waals surface area (Å²) in [7, 11) is 0. The summed E-state index contributed by atoms with van der Waals surface area (Å²) in [5, 5.41) is 11.8. The van der Waals surface area contributed by atoms with E-state index in [1.165, 1.54) is 0 Å². The minimum Gasteiger partial charge on any atom is -0.478 e. The number of rotatable bonds is 5. The molecule has 0 aromatic heterocycles. The molecule has 0 aliphatic carbocycles. The van der Waals surface area contributed by atoms with Crippen LogP contribution in [0.3, 0.4) is 0 Å². The standard InChI is InChI=1S/C10H12ClNO2/c11-5-2-6-12-9-4-1-3-8(7-9)10(13)14/h1,3-4,7,12H,2,5-6H2,(H,13,14). The molecule has 0 aliphatic heterocycles. The summed E-state index contributed by atoms with van der Waals surface area (Å²) in [6, 6.07) is 6.72. The van der Waals surface area contributed by atoms with E-state index in [1.807, 2.05) is 6.07 Å². The minimum atomic E-state index is -0.911. The molecule has 1 aromatic carbocycles. The highest BCUT2D eigenvalue weighted by atomic mass is 35.5. The molecule has 0 unspecified atom stereocenters. The minimum absolute atomic E-state index is 0.292. The molecule has 0 radical (unpaired) electrons. The van der Waals surface area contributed by atoms with Crippen LogP contribution >= 0.6 is 11.6 Å². The Balaban J connectivity index is 2.59. The first kappa shape index (κ1) is 10.9. The maximum atomic E-state index is 10.6. The molecular weight excluding hydrogens is 202 g/mol. The van der Waals surface area contributed by atoms with Gasteiger partial charge in [0.2, 0.25) is 0 Å². The number of hydrogen-bond donors (Lipinski definition) is 2. The number of aromatic carboxylic acids is 1.